The maximum absolute atomic E-state index is 4.69. The van der Waals surface area contributed by atoms with Crippen LogP contribution in [-0.4, -0.2) is 40.0 Å². The van der Waals surface area contributed by atoms with Gasteiger partial charge in [0.25, 0.3) is 0 Å². The zero-order valence-corrected chi connectivity index (χ0v) is 14.6. The molecule has 2 N–H and O–H groups in total. The van der Waals surface area contributed by atoms with Crippen molar-refractivity contribution >= 4 is 16.7 Å². The lowest BCUT2D eigenvalue weighted by Crippen LogP contribution is -2.59. The van der Waals surface area contributed by atoms with Crippen LogP contribution in [0.2, 0.25) is 0 Å². The molecule has 3 aliphatic rings. The van der Waals surface area contributed by atoms with Crippen LogP contribution in [-0.2, 0) is 0 Å². The van der Waals surface area contributed by atoms with Gasteiger partial charge in [-0.3, -0.25) is 4.90 Å². The molecular formula is C21H24N4. The van der Waals surface area contributed by atoms with Gasteiger partial charge in [0, 0.05) is 40.4 Å². The van der Waals surface area contributed by atoms with Crippen LogP contribution < -0.4 is 5.32 Å². The maximum atomic E-state index is 4.69. The lowest BCUT2D eigenvalue weighted by atomic mass is 9.79. The van der Waals surface area contributed by atoms with Gasteiger partial charge in [0.2, 0.25) is 0 Å². The van der Waals surface area contributed by atoms with Gasteiger partial charge in [-0.1, -0.05) is 18.2 Å². The number of rotatable bonds is 3. The first-order valence-corrected chi connectivity index (χ1v) is 9.33. The van der Waals surface area contributed by atoms with E-state index in [-0.39, 0.29) is 0 Å². The molecule has 3 aliphatic heterocycles. The number of fused-ring (bicyclic) bond motifs is 4. The number of nitrogens with one attached hydrogen (secondary N) is 2. The molecule has 0 unspecified atom stereocenters. The quantitative estimate of drug-likeness (QED) is 0.758. The molecule has 25 heavy (non-hydrogen) atoms. The van der Waals surface area contributed by atoms with Crippen LogP contribution in [0, 0.1) is 5.92 Å². The predicted octanol–water partition coefficient (Wildman–Crippen LogP) is 4.12. The highest BCUT2D eigenvalue weighted by Gasteiger charge is 2.39. The summed E-state index contributed by atoms with van der Waals surface area (Å²) < 4.78 is 0. The molecule has 2 aromatic heterocycles. The summed E-state index contributed by atoms with van der Waals surface area (Å²) in [6.07, 6.45) is 4.60. The minimum atomic E-state index is 0.522. The molecule has 4 nitrogen and oxygen atoms in total. The van der Waals surface area contributed by atoms with Gasteiger partial charge in [-0.25, -0.2) is 4.98 Å². The Morgan fingerprint density at radius 1 is 1.12 bits per heavy atom. The summed E-state index contributed by atoms with van der Waals surface area (Å²) in [6.45, 7) is 4.87. The summed E-state index contributed by atoms with van der Waals surface area (Å²) in [7, 11) is 0. The monoisotopic (exact) mass is 332 g/mol. The molecule has 128 valence electrons. The van der Waals surface area contributed by atoms with E-state index in [4.69, 9.17) is 0 Å². The molecule has 0 amide bonds. The van der Waals surface area contributed by atoms with Crippen molar-refractivity contribution in [3.63, 3.8) is 0 Å². The fourth-order valence-electron chi connectivity index (χ4n) is 4.58. The number of H-pyrrole nitrogens is 1. The van der Waals surface area contributed by atoms with Crippen molar-refractivity contribution in [2.45, 2.75) is 31.8 Å². The Kier molecular flexibility index (Phi) is 3.52. The topological polar surface area (TPSA) is 44.0 Å². The number of hydrogen-bond donors (Lipinski definition) is 2. The zero-order chi connectivity index (χ0) is 16.8. The largest absolute Gasteiger partial charge is 0.365 e. The van der Waals surface area contributed by atoms with Crippen LogP contribution in [0.4, 0.5) is 5.82 Å². The first-order valence-electron chi connectivity index (χ1n) is 9.33. The summed E-state index contributed by atoms with van der Waals surface area (Å²) in [5.41, 5.74) is 3.42. The minimum absolute atomic E-state index is 0.522. The van der Waals surface area contributed by atoms with Crippen molar-refractivity contribution in [1.82, 2.24) is 14.9 Å². The Hall–Kier alpha value is -2.33. The second-order valence-electron chi connectivity index (χ2n) is 7.49. The van der Waals surface area contributed by atoms with Gasteiger partial charge < -0.3 is 10.3 Å². The molecule has 2 bridgehead atoms. The number of aromatic amines is 1. The van der Waals surface area contributed by atoms with Crippen molar-refractivity contribution in [2.75, 3.05) is 18.4 Å². The zero-order valence-electron chi connectivity index (χ0n) is 14.6. The predicted molar refractivity (Wildman–Crippen MR) is 103 cm³/mol. The number of aromatic nitrogens is 2. The highest BCUT2D eigenvalue weighted by Crippen LogP contribution is 2.34. The maximum Gasteiger partial charge on any atom is 0.126 e. The minimum Gasteiger partial charge on any atom is -0.365 e. The fraction of sp³-hybridized carbons (Fsp3) is 0.381. The van der Waals surface area contributed by atoms with Crippen molar-refractivity contribution in [2.24, 2.45) is 5.92 Å². The second-order valence-corrected chi connectivity index (χ2v) is 7.49. The third kappa shape index (κ3) is 2.61. The molecule has 5 heterocycles. The molecule has 3 fully saturated rings. The molecule has 1 aromatic carbocycles. The first kappa shape index (κ1) is 15.0. The molecule has 0 aliphatic carbocycles. The van der Waals surface area contributed by atoms with E-state index in [1.54, 1.807) is 0 Å². The van der Waals surface area contributed by atoms with Gasteiger partial charge >= 0.3 is 0 Å². The number of hydrogen-bond acceptors (Lipinski definition) is 3. The highest BCUT2D eigenvalue weighted by molar-refractivity contribution is 5.85. The summed E-state index contributed by atoms with van der Waals surface area (Å²) in [4.78, 5) is 10.8. The normalized spacial score (nSPS) is 28.4. The van der Waals surface area contributed by atoms with Gasteiger partial charge in [-0.15, -0.1) is 0 Å². The van der Waals surface area contributed by atoms with E-state index < -0.39 is 0 Å². The molecule has 0 spiro atoms. The van der Waals surface area contributed by atoms with Crippen LogP contribution in [0.15, 0.2) is 48.7 Å². The van der Waals surface area contributed by atoms with Crippen LogP contribution in [0.1, 0.15) is 19.8 Å². The lowest BCUT2D eigenvalue weighted by Gasteiger charge is -2.50. The van der Waals surface area contributed by atoms with E-state index in [0.717, 1.165) is 23.0 Å². The van der Waals surface area contributed by atoms with Crippen LogP contribution in [0.25, 0.3) is 22.2 Å². The van der Waals surface area contributed by atoms with E-state index in [0.29, 0.717) is 12.1 Å². The van der Waals surface area contributed by atoms with Crippen molar-refractivity contribution in [3.8, 4) is 11.3 Å². The van der Waals surface area contributed by atoms with Gasteiger partial charge in [0.05, 0.1) is 0 Å². The van der Waals surface area contributed by atoms with Crippen LogP contribution in [0.3, 0.4) is 0 Å². The number of anilines is 1. The van der Waals surface area contributed by atoms with Crippen molar-refractivity contribution in [1.29, 1.82) is 0 Å². The third-order valence-electron chi connectivity index (χ3n) is 6.10. The van der Waals surface area contributed by atoms with Gasteiger partial charge in [0.15, 0.2) is 0 Å². The van der Waals surface area contributed by atoms with Gasteiger partial charge in [-0.2, -0.15) is 0 Å². The van der Waals surface area contributed by atoms with Crippen LogP contribution in [0.5, 0.6) is 0 Å². The number of piperidine rings is 3. The molecule has 0 saturated carbocycles. The lowest BCUT2D eigenvalue weighted by molar-refractivity contribution is 0.0457. The summed E-state index contributed by atoms with van der Waals surface area (Å²) in [5, 5.41) is 4.94. The van der Waals surface area contributed by atoms with Crippen molar-refractivity contribution < 1.29 is 0 Å². The SMILES string of the molecule is C[C@@H]1[C@@H](Nc2ccc(-c3cc4ccccc4[nH]3)cn2)C2CCN1CC2. The first-order chi connectivity index (χ1) is 12.3. The average molecular weight is 332 g/mol. The molecule has 2 atom stereocenters. The Labute approximate surface area is 148 Å². The average Bonchev–Trinajstić information content (AvgIpc) is 3.10. The Bertz CT molecular complexity index is 839. The molecule has 3 aromatic rings. The number of benzene rings is 1. The third-order valence-corrected chi connectivity index (χ3v) is 6.10. The van der Waals surface area contributed by atoms with Gasteiger partial charge in [0.1, 0.15) is 5.82 Å². The summed E-state index contributed by atoms with van der Waals surface area (Å²) >= 11 is 0. The van der Waals surface area contributed by atoms with Crippen LogP contribution >= 0.6 is 0 Å². The molecular weight excluding hydrogens is 308 g/mol. The van der Waals surface area contributed by atoms with Gasteiger partial charge in [-0.05, 0) is 63.0 Å². The Morgan fingerprint density at radius 2 is 1.96 bits per heavy atom. The molecule has 0 radical (unpaired) electrons. The fourth-order valence-corrected chi connectivity index (χ4v) is 4.58. The molecule has 4 heteroatoms. The van der Waals surface area contributed by atoms with E-state index in [1.165, 1.54) is 36.8 Å². The number of pyridine rings is 1. The van der Waals surface area contributed by atoms with E-state index in [9.17, 15) is 0 Å². The Morgan fingerprint density at radius 3 is 2.68 bits per heavy atom. The Balaban J connectivity index is 1.36. The molecule has 6 rings (SSSR count). The summed E-state index contributed by atoms with van der Waals surface area (Å²) in [5.74, 6) is 1.78. The van der Waals surface area contributed by atoms with Crippen molar-refractivity contribution in [3.05, 3.63) is 48.7 Å². The summed E-state index contributed by atoms with van der Waals surface area (Å²) in [6, 6.07) is 16.0. The highest BCUT2D eigenvalue weighted by atomic mass is 15.2. The molecule has 3 saturated heterocycles. The van der Waals surface area contributed by atoms with E-state index >= 15 is 0 Å². The van der Waals surface area contributed by atoms with E-state index in [2.05, 4.69) is 69.6 Å². The standard InChI is InChI=1S/C21H24N4/c1-14-21(15-8-10-25(14)11-9-15)24-20-7-6-17(13-22-20)19-12-16-4-2-3-5-18(16)23-19/h2-7,12-15,21,23H,8-11H2,1H3,(H,22,24)/t14-,21-/m1/s1. The number of nitrogens with zero attached hydrogens (tertiary/aromatic N) is 2. The number of para-hydroxylation sites is 1. The smallest absolute Gasteiger partial charge is 0.126 e. The second kappa shape index (κ2) is 5.88. The van der Waals surface area contributed by atoms with E-state index in [1.807, 2.05) is 6.20 Å².